The summed E-state index contributed by atoms with van der Waals surface area (Å²) in [4.78, 5) is 49.9. The Kier molecular flexibility index (Phi) is 14.2. The SMILES string of the molecule is CCOC(=O)CCCCCO[C@]1(C(=O)OC)C[C@@H](N)[C@@H](C)C([C@H](C)[C@@H](CNC(=O)c2ccc(-c3ccccc3)cc2)OC(C)=O)O1. The van der Waals surface area contributed by atoms with Gasteiger partial charge in [-0.05, 0) is 48.9 Å². The summed E-state index contributed by atoms with van der Waals surface area (Å²) >= 11 is 0. The standard InChI is InChI=1S/C35H48N2O9/c1-6-43-31(39)15-11-8-12-20-44-35(34(41)42-5)21-29(36)23(2)32(46-35)24(3)30(45-25(4)38)22-37-33(40)28-18-16-27(17-19-28)26-13-9-7-10-14-26/h7,9-10,13-14,16-19,23-24,29-30,32H,6,8,11-12,15,20-22,36H2,1-5H3,(H,37,40)/t23-,24-,29-,30-,32?,35-/m1/s1. The first-order valence-electron chi connectivity index (χ1n) is 15.9. The molecule has 6 atom stereocenters. The lowest BCUT2D eigenvalue weighted by molar-refractivity contribution is -0.299. The van der Waals surface area contributed by atoms with Crippen LogP contribution in [0, 0.1) is 11.8 Å². The molecule has 1 aliphatic heterocycles. The summed E-state index contributed by atoms with van der Waals surface area (Å²) in [6, 6.07) is 16.6. The number of hydrogen-bond acceptors (Lipinski definition) is 10. The minimum atomic E-state index is -1.76. The highest BCUT2D eigenvalue weighted by molar-refractivity contribution is 5.94. The first-order chi connectivity index (χ1) is 22.0. The number of amides is 1. The molecule has 0 saturated carbocycles. The van der Waals surface area contributed by atoms with Gasteiger partial charge in [-0.3, -0.25) is 14.4 Å². The molecule has 1 heterocycles. The van der Waals surface area contributed by atoms with Crippen LogP contribution in [0.5, 0.6) is 0 Å². The average Bonchev–Trinajstić information content (AvgIpc) is 3.05. The summed E-state index contributed by atoms with van der Waals surface area (Å²) in [5.41, 5.74) is 9.03. The number of unbranched alkanes of at least 4 members (excludes halogenated alkanes) is 2. The number of carbonyl (C=O) groups is 4. The van der Waals surface area contributed by atoms with E-state index in [0.29, 0.717) is 37.9 Å². The lowest BCUT2D eigenvalue weighted by Crippen LogP contribution is -2.62. The Bertz CT molecular complexity index is 1290. The molecular weight excluding hydrogens is 592 g/mol. The van der Waals surface area contributed by atoms with Crippen LogP contribution >= 0.6 is 0 Å². The van der Waals surface area contributed by atoms with E-state index in [1.807, 2.05) is 56.3 Å². The summed E-state index contributed by atoms with van der Waals surface area (Å²) in [6.07, 6.45) is 0.779. The van der Waals surface area contributed by atoms with Crippen molar-refractivity contribution in [2.24, 2.45) is 17.6 Å². The fourth-order valence-corrected chi connectivity index (χ4v) is 5.66. The van der Waals surface area contributed by atoms with Gasteiger partial charge in [-0.2, -0.15) is 0 Å². The Morgan fingerprint density at radius 1 is 1.02 bits per heavy atom. The molecule has 2 aromatic carbocycles. The number of hydrogen-bond donors (Lipinski definition) is 2. The topological polar surface area (TPSA) is 152 Å². The first-order valence-corrected chi connectivity index (χ1v) is 15.9. The van der Waals surface area contributed by atoms with Gasteiger partial charge in [0.2, 0.25) is 0 Å². The van der Waals surface area contributed by atoms with Gasteiger partial charge >= 0.3 is 17.9 Å². The number of benzene rings is 2. The van der Waals surface area contributed by atoms with Crippen LogP contribution in [-0.2, 0) is 38.1 Å². The van der Waals surface area contributed by atoms with E-state index in [9.17, 15) is 19.2 Å². The Morgan fingerprint density at radius 2 is 1.70 bits per heavy atom. The summed E-state index contributed by atoms with van der Waals surface area (Å²) in [5, 5.41) is 2.88. The monoisotopic (exact) mass is 640 g/mol. The molecule has 1 unspecified atom stereocenters. The Labute approximate surface area is 271 Å². The average molecular weight is 641 g/mol. The smallest absolute Gasteiger partial charge is 0.366 e. The van der Waals surface area contributed by atoms with Gasteiger partial charge in [-0.1, -0.05) is 62.7 Å². The van der Waals surface area contributed by atoms with Crippen LogP contribution in [0.3, 0.4) is 0 Å². The van der Waals surface area contributed by atoms with E-state index in [1.54, 1.807) is 19.1 Å². The molecule has 1 aliphatic rings. The van der Waals surface area contributed by atoms with Crippen LogP contribution in [0.4, 0.5) is 0 Å². The third kappa shape index (κ3) is 10.1. The second kappa shape index (κ2) is 17.8. The lowest BCUT2D eigenvalue weighted by atomic mass is 9.79. The number of rotatable bonds is 16. The fourth-order valence-electron chi connectivity index (χ4n) is 5.66. The number of ether oxygens (including phenoxy) is 5. The Hall–Kier alpha value is -3.80. The second-order valence-electron chi connectivity index (χ2n) is 11.7. The highest BCUT2D eigenvalue weighted by atomic mass is 16.7. The van der Waals surface area contributed by atoms with Gasteiger partial charge in [0.05, 0.1) is 33.0 Å². The zero-order chi connectivity index (χ0) is 33.7. The Morgan fingerprint density at radius 3 is 2.33 bits per heavy atom. The summed E-state index contributed by atoms with van der Waals surface area (Å²) < 4.78 is 28.2. The van der Waals surface area contributed by atoms with Crippen molar-refractivity contribution < 1.29 is 42.9 Å². The Balaban J connectivity index is 1.68. The van der Waals surface area contributed by atoms with Crippen molar-refractivity contribution in [1.29, 1.82) is 0 Å². The normalized spacial score (nSPS) is 22.3. The number of nitrogens with two attached hydrogens (primary N) is 1. The van der Waals surface area contributed by atoms with Crippen molar-refractivity contribution in [3.05, 3.63) is 60.2 Å². The molecule has 0 spiro atoms. The van der Waals surface area contributed by atoms with E-state index in [2.05, 4.69) is 5.32 Å². The van der Waals surface area contributed by atoms with Crippen molar-refractivity contribution in [2.45, 2.75) is 83.8 Å². The molecule has 0 aromatic heterocycles. The van der Waals surface area contributed by atoms with E-state index >= 15 is 0 Å². The number of carbonyl (C=O) groups excluding carboxylic acids is 4. The minimum Gasteiger partial charge on any atom is -0.466 e. The van der Waals surface area contributed by atoms with Gasteiger partial charge in [0.25, 0.3) is 11.7 Å². The predicted octanol–water partition coefficient (Wildman–Crippen LogP) is 4.41. The summed E-state index contributed by atoms with van der Waals surface area (Å²) in [6.45, 7) is 7.31. The number of esters is 3. The van der Waals surface area contributed by atoms with Gasteiger partial charge in [0, 0.05) is 37.3 Å². The van der Waals surface area contributed by atoms with Gasteiger partial charge < -0.3 is 34.7 Å². The predicted molar refractivity (Wildman–Crippen MR) is 171 cm³/mol. The third-order valence-electron chi connectivity index (χ3n) is 8.33. The number of methoxy groups -OCH3 is 1. The lowest BCUT2D eigenvalue weighted by Gasteiger charge is -2.47. The molecule has 3 N–H and O–H groups in total. The van der Waals surface area contributed by atoms with Crippen LogP contribution in [0.25, 0.3) is 11.1 Å². The van der Waals surface area contributed by atoms with Crippen molar-refractivity contribution in [3.63, 3.8) is 0 Å². The maximum atomic E-state index is 13.1. The van der Waals surface area contributed by atoms with Crippen LogP contribution in [0.1, 0.15) is 70.2 Å². The molecule has 0 bridgehead atoms. The van der Waals surface area contributed by atoms with Gasteiger partial charge in [-0.25, -0.2) is 4.79 Å². The molecule has 3 rings (SSSR count). The van der Waals surface area contributed by atoms with Gasteiger partial charge in [0.1, 0.15) is 6.10 Å². The second-order valence-corrected chi connectivity index (χ2v) is 11.7. The van der Waals surface area contributed by atoms with E-state index < -0.39 is 41.9 Å². The van der Waals surface area contributed by atoms with E-state index in [0.717, 1.165) is 11.1 Å². The van der Waals surface area contributed by atoms with E-state index in [1.165, 1.54) is 14.0 Å². The van der Waals surface area contributed by atoms with Crippen LogP contribution in [-0.4, -0.2) is 74.7 Å². The zero-order valence-corrected chi connectivity index (χ0v) is 27.5. The summed E-state index contributed by atoms with van der Waals surface area (Å²) in [7, 11) is 1.25. The quantitative estimate of drug-likeness (QED) is 0.153. The molecule has 1 saturated heterocycles. The minimum absolute atomic E-state index is 0.00832. The molecule has 11 heteroatoms. The van der Waals surface area contributed by atoms with E-state index in [-0.39, 0.29) is 37.4 Å². The van der Waals surface area contributed by atoms with Crippen LogP contribution in [0.2, 0.25) is 0 Å². The largest absolute Gasteiger partial charge is 0.466 e. The van der Waals surface area contributed by atoms with E-state index in [4.69, 9.17) is 29.4 Å². The van der Waals surface area contributed by atoms with Crippen molar-refractivity contribution in [2.75, 3.05) is 26.9 Å². The van der Waals surface area contributed by atoms with Crippen LogP contribution < -0.4 is 11.1 Å². The molecular formula is C35H48N2O9. The highest BCUT2D eigenvalue weighted by Gasteiger charge is 2.53. The van der Waals surface area contributed by atoms with Gasteiger partial charge in [-0.15, -0.1) is 0 Å². The summed E-state index contributed by atoms with van der Waals surface area (Å²) in [5.74, 6) is -4.32. The number of nitrogens with one attached hydrogen (secondary N) is 1. The van der Waals surface area contributed by atoms with Crippen LogP contribution in [0.15, 0.2) is 54.6 Å². The molecule has 0 aliphatic carbocycles. The maximum absolute atomic E-state index is 13.1. The molecule has 2 aromatic rings. The fraction of sp³-hybridized carbons (Fsp3) is 0.543. The molecule has 1 fully saturated rings. The molecule has 46 heavy (non-hydrogen) atoms. The molecule has 0 radical (unpaired) electrons. The van der Waals surface area contributed by atoms with Crippen molar-refractivity contribution in [1.82, 2.24) is 5.32 Å². The first kappa shape index (κ1) is 36.7. The maximum Gasteiger partial charge on any atom is 0.366 e. The zero-order valence-electron chi connectivity index (χ0n) is 27.5. The molecule has 1 amide bonds. The van der Waals surface area contributed by atoms with Crippen molar-refractivity contribution >= 4 is 23.8 Å². The molecule has 11 nitrogen and oxygen atoms in total. The van der Waals surface area contributed by atoms with Crippen molar-refractivity contribution in [3.8, 4) is 11.1 Å². The van der Waals surface area contributed by atoms with Gasteiger partial charge in [0.15, 0.2) is 0 Å². The molecule has 252 valence electrons. The third-order valence-corrected chi connectivity index (χ3v) is 8.33. The highest BCUT2D eigenvalue weighted by Crippen LogP contribution is 2.38.